The van der Waals surface area contributed by atoms with E-state index in [1.54, 1.807) is 14.2 Å². The van der Waals surface area contributed by atoms with Gasteiger partial charge in [0, 0.05) is 17.4 Å². The molecule has 19 heavy (non-hydrogen) atoms. The molecule has 4 nitrogen and oxygen atoms in total. The first kappa shape index (κ1) is 13.1. The first-order chi connectivity index (χ1) is 9.12. The van der Waals surface area contributed by atoms with E-state index in [9.17, 15) is 0 Å². The molecule has 0 heterocycles. The summed E-state index contributed by atoms with van der Waals surface area (Å²) in [7, 11) is 3.27. The molecule has 2 aromatic rings. The third kappa shape index (κ3) is 3.10. The normalized spacial score (nSPS) is 10.1. The summed E-state index contributed by atoms with van der Waals surface area (Å²) in [6.07, 6.45) is 0. The highest BCUT2D eigenvalue weighted by molar-refractivity contribution is 5.70. The lowest BCUT2D eigenvalue weighted by Crippen LogP contribution is -1.97. The largest absolute Gasteiger partial charge is 0.497 e. The van der Waals surface area contributed by atoms with Crippen molar-refractivity contribution in [3.05, 3.63) is 42.0 Å². The topological polar surface area (TPSA) is 56.5 Å². The van der Waals surface area contributed by atoms with Crippen LogP contribution in [-0.2, 0) is 0 Å². The number of methoxy groups -OCH3 is 2. The summed E-state index contributed by atoms with van der Waals surface area (Å²) in [6, 6.07) is 11.4. The summed E-state index contributed by atoms with van der Waals surface area (Å²) in [4.78, 5) is 0. The van der Waals surface area contributed by atoms with Crippen LogP contribution in [0.4, 0.5) is 17.1 Å². The number of nitrogen functional groups attached to an aromatic ring is 1. The molecule has 0 amide bonds. The smallest absolute Gasteiger partial charge is 0.142 e. The number of ether oxygens (including phenoxy) is 2. The summed E-state index contributed by atoms with van der Waals surface area (Å²) in [5.41, 5.74) is 9.43. The monoisotopic (exact) mass is 258 g/mol. The molecule has 0 bridgehead atoms. The second kappa shape index (κ2) is 5.52. The molecule has 3 N–H and O–H groups in total. The van der Waals surface area contributed by atoms with Crippen molar-refractivity contribution in [1.82, 2.24) is 0 Å². The van der Waals surface area contributed by atoms with Gasteiger partial charge >= 0.3 is 0 Å². The number of aryl methyl sites for hydroxylation is 1. The van der Waals surface area contributed by atoms with E-state index < -0.39 is 0 Å². The van der Waals surface area contributed by atoms with Crippen molar-refractivity contribution in [1.29, 1.82) is 0 Å². The number of benzene rings is 2. The van der Waals surface area contributed by atoms with E-state index in [-0.39, 0.29) is 0 Å². The maximum Gasteiger partial charge on any atom is 0.142 e. The minimum atomic E-state index is 0.726. The molecule has 0 unspecified atom stereocenters. The van der Waals surface area contributed by atoms with Crippen molar-refractivity contribution in [2.75, 3.05) is 25.3 Å². The van der Waals surface area contributed by atoms with Crippen LogP contribution in [0.15, 0.2) is 36.4 Å². The van der Waals surface area contributed by atoms with Crippen molar-refractivity contribution in [2.24, 2.45) is 0 Å². The molecule has 0 aliphatic rings. The second-order valence-electron chi connectivity index (χ2n) is 4.32. The first-order valence-electron chi connectivity index (χ1n) is 5.98. The lowest BCUT2D eigenvalue weighted by atomic mass is 10.2. The number of anilines is 3. The highest BCUT2D eigenvalue weighted by Gasteiger charge is 2.06. The van der Waals surface area contributed by atoms with Gasteiger partial charge in [0.1, 0.15) is 11.5 Å². The van der Waals surface area contributed by atoms with Crippen LogP contribution in [0, 0.1) is 6.92 Å². The van der Waals surface area contributed by atoms with Gasteiger partial charge in [0.2, 0.25) is 0 Å². The number of nitrogens with two attached hydrogens (primary N) is 1. The van der Waals surface area contributed by atoms with Gasteiger partial charge in [-0.25, -0.2) is 0 Å². The molecule has 0 aromatic heterocycles. The molecular formula is C15H18N2O2. The van der Waals surface area contributed by atoms with Gasteiger partial charge < -0.3 is 20.5 Å². The van der Waals surface area contributed by atoms with E-state index in [2.05, 4.69) is 5.32 Å². The second-order valence-corrected chi connectivity index (χ2v) is 4.32. The van der Waals surface area contributed by atoms with E-state index in [1.807, 2.05) is 43.3 Å². The van der Waals surface area contributed by atoms with Crippen molar-refractivity contribution in [2.45, 2.75) is 6.92 Å². The average Bonchev–Trinajstić information content (AvgIpc) is 2.37. The highest BCUT2D eigenvalue weighted by atomic mass is 16.5. The van der Waals surface area contributed by atoms with Gasteiger partial charge in [-0.2, -0.15) is 0 Å². The molecule has 100 valence electrons. The summed E-state index contributed by atoms with van der Waals surface area (Å²) < 4.78 is 10.5. The van der Waals surface area contributed by atoms with Crippen LogP contribution >= 0.6 is 0 Å². The Balaban J connectivity index is 2.35. The minimum Gasteiger partial charge on any atom is -0.497 e. The van der Waals surface area contributed by atoms with Crippen LogP contribution < -0.4 is 20.5 Å². The Bertz CT molecular complexity index is 562. The summed E-state index contributed by atoms with van der Waals surface area (Å²) in [5.74, 6) is 1.52. The van der Waals surface area contributed by atoms with Gasteiger partial charge in [-0.05, 0) is 42.8 Å². The molecule has 0 radical (unpaired) electrons. The van der Waals surface area contributed by atoms with Crippen LogP contribution in [0.1, 0.15) is 5.56 Å². The SMILES string of the molecule is COc1ccc(OC)c(Nc2cc(C)cc(N)c2)c1. The maximum atomic E-state index is 5.84. The molecule has 2 rings (SSSR count). The van der Waals surface area contributed by atoms with E-state index in [1.165, 1.54) is 0 Å². The summed E-state index contributed by atoms with van der Waals surface area (Å²) >= 11 is 0. The predicted molar refractivity (Wildman–Crippen MR) is 78.4 cm³/mol. The lowest BCUT2D eigenvalue weighted by Gasteiger charge is -2.13. The average molecular weight is 258 g/mol. The molecule has 0 fully saturated rings. The van der Waals surface area contributed by atoms with Crippen LogP contribution in [0.2, 0.25) is 0 Å². The third-order valence-corrected chi connectivity index (χ3v) is 2.79. The fourth-order valence-corrected chi connectivity index (χ4v) is 1.95. The first-order valence-corrected chi connectivity index (χ1v) is 5.98. The lowest BCUT2D eigenvalue weighted by molar-refractivity contribution is 0.405. The van der Waals surface area contributed by atoms with Crippen molar-refractivity contribution in [3.63, 3.8) is 0 Å². The van der Waals surface area contributed by atoms with E-state index in [0.717, 1.165) is 34.1 Å². The van der Waals surface area contributed by atoms with Crippen molar-refractivity contribution >= 4 is 17.1 Å². The zero-order valence-corrected chi connectivity index (χ0v) is 11.4. The van der Waals surface area contributed by atoms with Crippen molar-refractivity contribution in [3.8, 4) is 11.5 Å². The van der Waals surface area contributed by atoms with Crippen LogP contribution in [-0.4, -0.2) is 14.2 Å². The molecule has 0 aliphatic carbocycles. The van der Waals surface area contributed by atoms with E-state index >= 15 is 0 Å². The van der Waals surface area contributed by atoms with Gasteiger partial charge in [-0.1, -0.05) is 0 Å². The van der Waals surface area contributed by atoms with E-state index in [0.29, 0.717) is 0 Å². The summed E-state index contributed by atoms with van der Waals surface area (Å²) in [6.45, 7) is 2.00. The Kier molecular flexibility index (Phi) is 3.80. The molecule has 0 spiro atoms. The molecule has 0 aliphatic heterocycles. The van der Waals surface area contributed by atoms with Gasteiger partial charge in [0.15, 0.2) is 0 Å². The zero-order chi connectivity index (χ0) is 13.8. The molecule has 2 aromatic carbocycles. The quantitative estimate of drug-likeness (QED) is 0.826. The molecule has 0 saturated carbocycles. The molecule has 4 heteroatoms. The third-order valence-electron chi connectivity index (χ3n) is 2.79. The maximum absolute atomic E-state index is 5.84. The highest BCUT2D eigenvalue weighted by Crippen LogP contribution is 2.32. The number of hydrogen-bond acceptors (Lipinski definition) is 4. The Hall–Kier alpha value is -2.36. The Morgan fingerprint density at radius 1 is 1.00 bits per heavy atom. The molecular weight excluding hydrogens is 240 g/mol. The summed E-state index contributed by atoms with van der Waals surface area (Å²) in [5, 5.41) is 3.29. The zero-order valence-electron chi connectivity index (χ0n) is 11.4. The fraction of sp³-hybridized carbons (Fsp3) is 0.200. The van der Waals surface area contributed by atoms with E-state index in [4.69, 9.17) is 15.2 Å². The van der Waals surface area contributed by atoms with Gasteiger partial charge in [-0.3, -0.25) is 0 Å². The minimum absolute atomic E-state index is 0.726. The van der Waals surface area contributed by atoms with Crippen LogP contribution in [0.3, 0.4) is 0 Å². The Morgan fingerprint density at radius 2 is 1.79 bits per heavy atom. The Labute approximate surface area is 113 Å². The number of nitrogens with one attached hydrogen (secondary N) is 1. The van der Waals surface area contributed by atoms with Gasteiger partial charge in [0.25, 0.3) is 0 Å². The number of rotatable bonds is 4. The fourth-order valence-electron chi connectivity index (χ4n) is 1.95. The number of hydrogen-bond donors (Lipinski definition) is 2. The van der Waals surface area contributed by atoms with Crippen LogP contribution in [0.25, 0.3) is 0 Å². The van der Waals surface area contributed by atoms with Gasteiger partial charge in [0.05, 0.1) is 19.9 Å². The molecule has 0 saturated heterocycles. The Morgan fingerprint density at radius 3 is 2.42 bits per heavy atom. The van der Waals surface area contributed by atoms with Gasteiger partial charge in [-0.15, -0.1) is 0 Å². The standard InChI is InChI=1S/C15H18N2O2/c1-10-6-11(16)8-12(7-10)17-14-9-13(18-2)4-5-15(14)19-3/h4-9,17H,16H2,1-3H3. The van der Waals surface area contributed by atoms with Crippen LogP contribution in [0.5, 0.6) is 11.5 Å². The predicted octanol–water partition coefficient (Wildman–Crippen LogP) is 3.34. The molecule has 0 atom stereocenters. The van der Waals surface area contributed by atoms with Crippen molar-refractivity contribution < 1.29 is 9.47 Å².